The molecule has 0 amide bonds. The van der Waals surface area contributed by atoms with Gasteiger partial charge in [0.05, 0.1) is 19.3 Å². The topological polar surface area (TPSA) is 49.2 Å². The molecule has 0 saturated heterocycles. The van der Waals surface area contributed by atoms with Crippen LogP contribution in [0.2, 0.25) is 0 Å². The molecule has 1 saturated carbocycles. The Bertz CT molecular complexity index is 636. The summed E-state index contributed by atoms with van der Waals surface area (Å²) in [7, 11) is 1.64. The van der Waals surface area contributed by atoms with Crippen LogP contribution in [0.5, 0.6) is 11.5 Å². The van der Waals surface area contributed by atoms with E-state index in [1.165, 1.54) is 12.8 Å². The van der Waals surface area contributed by atoms with Crippen LogP contribution < -0.4 is 9.47 Å². The van der Waals surface area contributed by atoms with E-state index in [4.69, 9.17) is 9.47 Å². The first-order valence-corrected chi connectivity index (χ1v) is 7.74. The monoisotopic (exact) mass is 301 g/mol. The van der Waals surface area contributed by atoms with E-state index in [9.17, 15) is 0 Å². The van der Waals surface area contributed by atoms with Crippen molar-refractivity contribution in [2.24, 2.45) is 5.41 Å². The number of hydrogen-bond donors (Lipinski definition) is 0. The summed E-state index contributed by atoms with van der Waals surface area (Å²) in [6.07, 6.45) is 5.57. The highest BCUT2D eigenvalue weighted by molar-refractivity contribution is 5.39. The van der Waals surface area contributed by atoms with E-state index in [0.29, 0.717) is 18.1 Å². The average Bonchev–Trinajstić information content (AvgIpc) is 3.11. The summed E-state index contributed by atoms with van der Waals surface area (Å²) >= 11 is 0. The van der Waals surface area contributed by atoms with E-state index < -0.39 is 0 Å². The summed E-state index contributed by atoms with van der Waals surface area (Å²) in [4.78, 5) is 0. The highest BCUT2D eigenvalue weighted by atomic mass is 16.5. The molecule has 3 rings (SSSR count). The summed E-state index contributed by atoms with van der Waals surface area (Å²) in [6, 6.07) is 8.08. The quantitative estimate of drug-likeness (QED) is 0.846. The van der Waals surface area contributed by atoms with Crippen LogP contribution in [0, 0.1) is 5.41 Å². The van der Waals surface area contributed by atoms with Gasteiger partial charge in [0.1, 0.15) is 12.3 Å². The summed E-state index contributed by atoms with van der Waals surface area (Å²) in [5.41, 5.74) is 1.25. The Labute approximate surface area is 131 Å². The number of ether oxygens (including phenoxy) is 2. The molecular weight excluding hydrogens is 278 g/mol. The third-order valence-electron chi connectivity index (χ3n) is 4.32. The van der Waals surface area contributed by atoms with E-state index in [1.807, 2.05) is 35.1 Å². The van der Waals surface area contributed by atoms with Gasteiger partial charge in [-0.15, -0.1) is 5.10 Å². The minimum atomic E-state index is 0.399. The first-order chi connectivity index (χ1) is 10.6. The number of para-hydroxylation sites is 2. The Kier molecular flexibility index (Phi) is 4.05. The van der Waals surface area contributed by atoms with Crippen LogP contribution in [0.4, 0.5) is 0 Å². The van der Waals surface area contributed by atoms with Crippen molar-refractivity contribution in [3.63, 3.8) is 0 Å². The number of rotatable bonds is 5. The van der Waals surface area contributed by atoms with Crippen molar-refractivity contribution in [1.82, 2.24) is 15.0 Å². The largest absolute Gasteiger partial charge is 0.493 e. The molecule has 22 heavy (non-hydrogen) atoms. The Morgan fingerprint density at radius 2 is 2.05 bits per heavy atom. The zero-order chi connectivity index (χ0) is 15.6. The lowest BCUT2D eigenvalue weighted by Gasteiger charge is -2.16. The molecule has 1 fully saturated rings. The minimum absolute atomic E-state index is 0.399. The lowest BCUT2D eigenvalue weighted by atomic mass is 9.92. The van der Waals surface area contributed by atoms with Crippen LogP contribution in [-0.2, 0) is 6.61 Å². The molecule has 118 valence electrons. The predicted octanol–water partition coefficient (Wildman–Crippen LogP) is 3.62. The summed E-state index contributed by atoms with van der Waals surface area (Å²) in [5.74, 6) is 1.45. The molecule has 0 aliphatic heterocycles. The predicted molar refractivity (Wildman–Crippen MR) is 84.0 cm³/mol. The van der Waals surface area contributed by atoms with Gasteiger partial charge in [0.15, 0.2) is 11.5 Å². The molecule has 1 atom stereocenters. The van der Waals surface area contributed by atoms with Gasteiger partial charge in [-0.25, -0.2) is 4.68 Å². The molecule has 1 unspecified atom stereocenters. The third-order valence-corrected chi connectivity index (χ3v) is 4.32. The molecule has 1 aromatic heterocycles. The highest BCUT2D eigenvalue weighted by Crippen LogP contribution is 2.43. The van der Waals surface area contributed by atoms with Gasteiger partial charge >= 0.3 is 0 Å². The van der Waals surface area contributed by atoms with Gasteiger partial charge in [0, 0.05) is 0 Å². The third kappa shape index (κ3) is 3.24. The molecule has 2 aromatic rings. The van der Waals surface area contributed by atoms with Crippen molar-refractivity contribution >= 4 is 0 Å². The Balaban J connectivity index is 1.63. The standard InChI is InChI=1S/C17H23N3O2/c1-17(2)9-8-14(10-17)20-11-13(18-19-20)12-22-16-7-5-4-6-15(16)21-3/h4-7,11,14H,8-10,12H2,1-3H3. The van der Waals surface area contributed by atoms with E-state index in [2.05, 4.69) is 24.2 Å². The number of benzene rings is 1. The van der Waals surface area contributed by atoms with E-state index in [-0.39, 0.29) is 0 Å². The second-order valence-electron chi connectivity index (χ2n) is 6.69. The summed E-state index contributed by atoms with van der Waals surface area (Å²) < 4.78 is 13.1. The number of aromatic nitrogens is 3. The summed E-state index contributed by atoms with van der Waals surface area (Å²) in [6.45, 7) is 5.03. The number of methoxy groups -OCH3 is 1. The second kappa shape index (κ2) is 5.99. The van der Waals surface area contributed by atoms with Crippen molar-refractivity contribution in [3.8, 4) is 11.5 Å². The SMILES string of the molecule is COc1ccccc1OCc1cn(C2CCC(C)(C)C2)nn1. The van der Waals surface area contributed by atoms with Crippen LogP contribution in [0.3, 0.4) is 0 Å². The fraction of sp³-hybridized carbons (Fsp3) is 0.529. The van der Waals surface area contributed by atoms with Crippen LogP contribution >= 0.6 is 0 Å². The van der Waals surface area contributed by atoms with Gasteiger partial charge in [0.25, 0.3) is 0 Å². The smallest absolute Gasteiger partial charge is 0.161 e. The van der Waals surface area contributed by atoms with Gasteiger partial charge in [-0.05, 0) is 36.8 Å². The molecular formula is C17H23N3O2. The van der Waals surface area contributed by atoms with Crippen LogP contribution in [0.25, 0.3) is 0 Å². The van der Waals surface area contributed by atoms with Crippen LogP contribution in [0.1, 0.15) is 44.8 Å². The molecule has 0 spiro atoms. The van der Waals surface area contributed by atoms with Crippen molar-refractivity contribution in [2.45, 2.75) is 45.8 Å². The maximum atomic E-state index is 5.79. The van der Waals surface area contributed by atoms with E-state index in [1.54, 1.807) is 7.11 Å². The van der Waals surface area contributed by atoms with Gasteiger partial charge in [-0.3, -0.25) is 0 Å². The fourth-order valence-corrected chi connectivity index (χ4v) is 3.07. The van der Waals surface area contributed by atoms with Gasteiger partial charge in [-0.2, -0.15) is 0 Å². The number of hydrogen-bond acceptors (Lipinski definition) is 4. The second-order valence-corrected chi connectivity index (χ2v) is 6.69. The Morgan fingerprint density at radius 3 is 2.73 bits per heavy atom. The lowest BCUT2D eigenvalue weighted by molar-refractivity contribution is 0.280. The van der Waals surface area contributed by atoms with Crippen LogP contribution in [-0.4, -0.2) is 22.1 Å². The van der Waals surface area contributed by atoms with E-state index in [0.717, 1.165) is 23.6 Å². The fourth-order valence-electron chi connectivity index (χ4n) is 3.07. The minimum Gasteiger partial charge on any atom is -0.493 e. The average molecular weight is 301 g/mol. The van der Waals surface area contributed by atoms with E-state index >= 15 is 0 Å². The molecule has 0 radical (unpaired) electrons. The molecule has 1 aliphatic rings. The molecule has 0 bridgehead atoms. The Hall–Kier alpha value is -2.04. The van der Waals surface area contributed by atoms with Gasteiger partial charge in [-0.1, -0.05) is 31.2 Å². The zero-order valence-corrected chi connectivity index (χ0v) is 13.5. The maximum absolute atomic E-state index is 5.79. The van der Waals surface area contributed by atoms with Gasteiger partial charge < -0.3 is 9.47 Å². The first-order valence-electron chi connectivity index (χ1n) is 7.74. The normalized spacial score (nSPS) is 20.0. The van der Waals surface area contributed by atoms with Crippen LogP contribution in [0.15, 0.2) is 30.5 Å². The molecule has 5 nitrogen and oxygen atoms in total. The van der Waals surface area contributed by atoms with Crippen molar-refractivity contribution in [1.29, 1.82) is 0 Å². The molecule has 0 N–H and O–H groups in total. The van der Waals surface area contributed by atoms with Crippen molar-refractivity contribution < 1.29 is 9.47 Å². The van der Waals surface area contributed by atoms with Crippen molar-refractivity contribution in [2.75, 3.05) is 7.11 Å². The molecule has 1 aromatic carbocycles. The Morgan fingerprint density at radius 1 is 1.27 bits per heavy atom. The summed E-state index contributed by atoms with van der Waals surface area (Å²) in [5, 5.41) is 8.50. The molecule has 5 heteroatoms. The van der Waals surface area contributed by atoms with Crippen molar-refractivity contribution in [3.05, 3.63) is 36.2 Å². The molecule has 1 aliphatic carbocycles. The highest BCUT2D eigenvalue weighted by Gasteiger charge is 2.32. The first kappa shape index (κ1) is 14.9. The van der Waals surface area contributed by atoms with Gasteiger partial charge in [0.2, 0.25) is 0 Å². The lowest BCUT2D eigenvalue weighted by Crippen LogP contribution is -2.09. The zero-order valence-electron chi connectivity index (χ0n) is 13.5. The number of nitrogens with zero attached hydrogens (tertiary/aromatic N) is 3. The molecule has 1 heterocycles. The maximum Gasteiger partial charge on any atom is 0.161 e.